The maximum Gasteiger partial charge on any atom is 0.191 e. The summed E-state index contributed by atoms with van der Waals surface area (Å²) in [6, 6.07) is 4.14. The summed E-state index contributed by atoms with van der Waals surface area (Å²) >= 11 is 0. The summed E-state index contributed by atoms with van der Waals surface area (Å²) < 4.78 is 28.2. The van der Waals surface area contributed by atoms with Gasteiger partial charge in [0.1, 0.15) is 17.3 Å². The molecule has 1 aromatic carbocycles. The van der Waals surface area contributed by atoms with E-state index in [9.17, 15) is 8.78 Å². The van der Waals surface area contributed by atoms with Gasteiger partial charge in [0.25, 0.3) is 0 Å². The van der Waals surface area contributed by atoms with E-state index in [-0.39, 0.29) is 11.7 Å². The standard InChI is InChI=1S/C23H38F2N6/c1-4-26-23(27-15-18(3)16-30-13-11-29(5-2)12-14-30)28-19-9-10-31(17-19)22-20(24)7-6-8-21(22)25/h6-8,18-19H,4-5,9-17H2,1-3H3,(H2,26,27,28). The summed E-state index contributed by atoms with van der Waals surface area (Å²) in [6.45, 7) is 16.0. The normalized spacial score (nSPS) is 22.0. The molecule has 2 fully saturated rings. The van der Waals surface area contributed by atoms with Crippen molar-refractivity contribution in [3.05, 3.63) is 29.8 Å². The quantitative estimate of drug-likeness (QED) is 0.484. The molecule has 2 atom stereocenters. The monoisotopic (exact) mass is 436 g/mol. The Bertz CT molecular complexity index is 700. The molecule has 0 bridgehead atoms. The predicted molar refractivity (Wildman–Crippen MR) is 124 cm³/mol. The van der Waals surface area contributed by atoms with Gasteiger partial charge in [-0.1, -0.05) is 19.9 Å². The Hall–Kier alpha value is -1.93. The average molecular weight is 437 g/mol. The molecule has 0 aliphatic carbocycles. The molecule has 0 radical (unpaired) electrons. The van der Waals surface area contributed by atoms with Crippen LogP contribution in [0.2, 0.25) is 0 Å². The minimum Gasteiger partial charge on any atom is -0.365 e. The average Bonchev–Trinajstić information content (AvgIpc) is 3.20. The number of hydrogen-bond donors (Lipinski definition) is 2. The van der Waals surface area contributed by atoms with Crippen molar-refractivity contribution >= 4 is 11.6 Å². The third kappa shape index (κ3) is 6.77. The number of likely N-dealkylation sites (N-methyl/N-ethyl adjacent to an activating group) is 1. The first kappa shape index (κ1) is 23.7. The zero-order chi connectivity index (χ0) is 22.2. The van der Waals surface area contributed by atoms with Crippen LogP contribution in [0.15, 0.2) is 23.2 Å². The van der Waals surface area contributed by atoms with Gasteiger partial charge >= 0.3 is 0 Å². The third-order valence-corrected chi connectivity index (χ3v) is 6.17. The van der Waals surface area contributed by atoms with Crippen LogP contribution < -0.4 is 15.5 Å². The minimum absolute atomic E-state index is 0.0746. The second-order valence-corrected chi connectivity index (χ2v) is 8.71. The van der Waals surface area contributed by atoms with E-state index in [4.69, 9.17) is 4.99 Å². The molecule has 0 aromatic heterocycles. The Labute approximate surface area is 185 Å². The van der Waals surface area contributed by atoms with Crippen molar-refractivity contribution in [2.75, 3.05) is 70.3 Å². The lowest BCUT2D eigenvalue weighted by atomic mass is 10.1. The van der Waals surface area contributed by atoms with Crippen LogP contribution in [0.25, 0.3) is 0 Å². The van der Waals surface area contributed by atoms with Gasteiger partial charge in [-0.3, -0.25) is 4.99 Å². The van der Waals surface area contributed by atoms with Crippen molar-refractivity contribution in [3.8, 4) is 0 Å². The first-order chi connectivity index (χ1) is 15.0. The Balaban J connectivity index is 1.49. The van der Waals surface area contributed by atoms with E-state index in [1.807, 2.05) is 6.92 Å². The van der Waals surface area contributed by atoms with Gasteiger partial charge in [0.15, 0.2) is 5.96 Å². The van der Waals surface area contributed by atoms with Crippen LogP contribution in [0, 0.1) is 17.6 Å². The molecule has 2 heterocycles. The first-order valence-corrected chi connectivity index (χ1v) is 11.7. The maximum atomic E-state index is 14.1. The molecule has 2 saturated heterocycles. The molecule has 0 amide bonds. The Morgan fingerprint density at radius 3 is 2.42 bits per heavy atom. The number of halogens is 2. The molecule has 1 aromatic rings. The van der Waals surface area contributed by atoms with Crippen LogP contribution in [0.4, 0.5) is 14.5 Å². The second kappa shape index (κ2) is 11.6. The lowest BCUT2D eigenvalue weighted by molar-refractivity contribution is 0.125. The maximum absolute atomic E-state index is 14.1. The molecular formula is C23H38F2N6. The molecule has 6 nitrogen and oxygen atoms in total. The zero-order valence-electron chi connectivity index (χ0n) is 19.2. The van der Waals surface area contributed by atoms with Gasteiger partial charge in [0.2, 0.25) is 0 Å². The fourth-order valence-corrected chi connectivity index (χ4v) is 4.42. The van der Waals surface area contributed by atoms with Crippen molar-refractivity contribution < 1.29 is 8.78 Å². The summed E-state index contributed by atoms with van der Waals surface area (Å²) in [7, 11) is 0. The van der Waals surface area contributed by atoms with Crippen molar-refractivity contribution in [1.29, 1.82) is 0 Å². The smallest absolute Gasteiger partial charge is 0.191 e. The van der Waals surface area contributed by atoms with E-state index in [2.05, 4.69) is 34.3 Å². The van der Waals surface area contributed by atoms with E-state index in [1.165, 1.54) is 18.2 Å². The SMILES string of the molecule is CCNC(=NCC(C)CN1CCN(CC)CC1)NC1CCN(c2c(F)cccc2F)C1. The molecule has 2 aliphatic heterocycles. The van der Waals surface area contributed by atoms with E-state index >= 15 is 0 Å². The van der Waals surface area contributed by atoms with Crippen molar-refractivity contribution in [1.82, 2.24) is 20.4 Å². The lowest BCUT2D eigenvalue weighted by Gasteiger charge is -2.35. The van der Waals surface area contributed by atoms with Gasteiger partial charge in [0.05, 0.1) is 0 Å². The van der Waals surface area contributed by atoms with Gasteiger partial charge in [-0.2, -0.15) is 0 Å². The van der Waals surface area contributed by atoms with E-state index in [1.54, 1.807) is 4.90 Å². The number of rotatable bonds is 8. The summed E-state index contributed by atoms with van der Waals surface area (Å²) in [5, 5.41) is 6.77. The highest BCUT2D eigenvalue weighted by Gasteiger charge is 2.27. The number of para-hydroxylation sites is 1. The summed E-state index contributed by atoms with van der Waals surface area (Å²) in [5.74, 6) is 0.242. The molecular weight excluding hydrogens is 398 g/mol. The van der Waals surface area contributed by atoms with Crippen LogP contribution in [-0.4, -0.2) is 87.2 Å². The number of aliphatic imine (C=N–C) groups is 1. The van der Waals surface area contributed by atoms with E-state index < -0.39 is 11.6 Å². The Kier molecular flexibility index (Phi) is 8.90. The van der Waals surface area contributed by atoms with Gasteiger partial charge in [-0.15, -0.1) is 0 Å². The largest absolute Gasteiger partial charge is 0.365 e. The molecule has 2 N–H and O–H groups in total. The number of guanidine groups is 1. The topological polar surface area (TPSA) is 46.1 Å². The van der Waals surface area contributed by atoms with Crippen molar-refractivity contribution in [2.24, 2.45) is 10.9 Å². The fourth-order valence-electron chi connectivity index (χ4n) is 4.42. The molecule has 2 aliphatic rings. The van der Waals surface area contributed by atoms with Gasteiger partial charge < -0.3 is 25.3 Å². The number of piperazine rings is 1. The van der Waals surface area contributed by atoms with Crippen molar-refractivity contribution in [2.45, 2.75) is 33.2 Å². The van der Waals surface area contributed by atoms with Crippen LogP contribution in [0.3, 0.4) is 0 Å². The fraction of sp³-hybridized carbons (Fsp3) is 0.696. The van der Waals surface area contributed by atoms with E-state index in [0.29, 0.717) is 19.0 Å². The highest BCUT2D eigenvalue weighted by Crippen LogP contribution is 2.26. The number of benzene rings is 1. The predicted octanol–water partition coefficient (Wildman–Crippen LogP) is 2.37. The third-order valence-electron chi connectivity index (χ3n) is 6.17. The number of anilines is 1. The molecule has 31 heavy (non-hydrogen) atoms. The molecule has 8 heteroatoms. The van der Waals surface area contributed by atoms with E-state index in [0.717, 1.165) is 64.7 Å². The molecule has 0 saturated carbocycles. The highest BCUT2D eigenvalue weighted by molar-refractivity contribution is 5.80. The first-order valence-electron chi connectivity index (χ1n) is 11.7. The second-order valence-electron chi connectivity index (χ2n) is 8.71. The molecule has 174 valence electrons. The Morgan fingerprint density at radius 1 is 1.10 bits per heavy atom. The van der Waals surface area contributed by atoms with Crippen molar-refractivity contribution in [3.63, 3.8) is 0 Å². The summed E-state index contributed by atoms with van der Waals surface area (Å²) in [5.41, 5.74) is 0.0746. The minimum atomic E-state index is -0.505. The summed E-state index contributed by atoms with van der Waals surface area (Å²) in [6.07, 6.45) is 0.815. The zero-order valence-corrected chi connectivity index (χ0v) is 19.2. The van der Waals surface area contributed by atoms with Gasteiger partial charge in [0, 0.05) is 64.9 Å². The molecule has 0 spiro atoms. The van der Waals surface area contributed by atoms with Gasteiger partial charge in [-0.25, -0.2) is 8.78 Å². The van der Waals surface area contributed by atoms with Crippen LogP contribution in [-0.2, 0) is 0 Å². The number of hydrogen-bond acceptors (Lipinski definition) is 4. The van der Waals surface area contributed by atoms with Crippen LogP contribution in [0.1, 0.15) is 27.2 Å². The lowest BCUT2D eigenvalue weighted by Crippen LogP contribution is -2.47. The van der Waals surface area contributed by atoms with Gasteiger partial charge in [-0.05, 0) is 37.9 Å². The number of nitrogens with zero attached hydrogens (tertiary/aromatic N) is 4. The molecule has 2 unspecified atom stereocenters. The summed E-state index contributed by atoms with van der Waals surface area (Å²) in [4.78, 5) is 11.6. The number of nitrogens with one attached hydrogen (secondary N) is 2. The van der Waals surface area contributed by atoms with Crippen LogP contribution >= 0.6 is 0 Å². The Morgan fingerprint density at radius 2 is 1.77 bits per heavy atom. The molecule has 3 rings (SSSR count). The van der Waals surface area contributed by atoms with Crippen LogP contribution in [0.5, 0.6) is 0 Å². The highest BCUT2D eigenvalue weighted by atomic mass is 19.1.